The van der Waals surface area contributed by atoms with E-state index in [-0.39, 0.29) is 35.1 Å². The molecule has 144 valence electrons. The highest BCUT2D eigenvalue weighted by atomic mass is 127. The highest BCUT2D eigenvalue weighted by Gasteiger charge is 2.44. The predicted octanol–water partition coefficient (Wildman–Crippen LogP) is 4.26. The van der Waals surface area contributed by atoms with E-state index < -0.39 is 4.92 Å². The Balaban J connectivity index is 0.00000261. The van der Waals surface area contributed by atoms with Gasteiger partial charge in [0.25, 0.3) is 5.69 Å². The molecule has 2 aromatic rings. The van der Waals surface area contributed by atoms with Crippen LogP contribution in [0.1, 0.15) is 24.0 Å². The molecule has 1 fully saturated rings. The monoisotopic (exact) mass is 500 g/mol. The lowest BCUT2D eigenvalue weighted by Crippen LogP contribution is -2.40. The fourth-order valence-corrected chi connectivity index (χ4v) is 3.12. The molecule has 0 aromatic heterocycles. The molecule has 0 saturated heterocycles. The Morgan fingerprint density at radius 1 is 1.22 bits per heavy atom. The average molecular weight is 501 g/mol. The number of hydrogen-bond acceptors (Lipinski definition) is 3. The van der Waals surface area contributed by atoms with Gasteiger partial charge in [-0.15, -0.1) is 24.0 Å². The van der Waals surface area contributed by atoms with Gasteiger partial charge in [-0.25, -0.2) is 0 Å². The minimum atomic E-state index is -0.400. The molecule has 0 amide bonds. The summed E-state index contributed by atoms with van der Waals surface area (Å²) >= 11 is 6.12. The van der Waals surface area contributed by atoms with Gasteiger partial charge in [0.2, 0.25) is 0 Å². The van der Waals surface area contributed by atoms with Crippen molar-refractivity contribution >= 4 is 47.2 Å². The second-order valence-corrected chi connectivity index (χ2v) is 6.93. The van der Waals surface area contributed by atoms with Crippen LogP contribution in [0.3, 0.4) is 0 Å². The Morgan fingerprint density at radius 3 is 2.48 bits per heavy atom. The molecule has 1 aliphatic carbocycles. The molecule has 0 radical (unpaired) electrons. The van der Waals surface area contributed by atoms with Gasteiger partial charge in [0.1, 0.15) is 0 Å². The fraction of sp³-hybridized carbons (Fsp3) is 0.316. The van der Waals surface area contributed by atoms with Gasteiger partial charge < -0.3 is 10.6 Å². The molecule has 6 nitrogen and oxygen atoms in total. The van der Waals surface area contributed by atoms with Gasteiger partial charge in [-0.05, 0) is 36.1 Å². The van der Waals surface area contributed by atoms with Crippen molar-refractivity contribution in [2.75, 3.05) is 13.6 Å². The predicted molar refractivity (Wildman–Crippen MR) is 119 cm³/mol. The summed E-state index contributed by atoms with van der Waals surface area (Å²) in [5.74, 6) is 0.705. The lowest BCUT2D eigenvalue weighted by molar-refractivity contribution is -0.384. The third-order valence-electron chi connectivity index (χ3n) is 4.72. The van der Waals surface area contributed by atoms with Gasteiger partial charge in [-0.1, -0.05) is 35.9 Å². The van der Waals surface area contributed by atoms with Crippen LogP contribution in [0.5, 0.6) is 0 Å². The fourth-order valence-electron chi connectivity index (χ4n) is 2.93. The zero-order valence-corrected chi connectivity index (χ0v) is 18.0. The van der Waals surface area contributed by atoms with Gasteiger partial charge in [-0.3, -0.25) is 15.1 Å². The summed E-state index contributed by atoms with van der Waals surface area (Å²) in [4.78, 5) is 14.6. The number of aliphatic imine (C=N–C) groups is 1. The smallest absolute Gasteiger partial charge is 0.269 e. The molecule has 1 aliphatic rings. The zero-order chi connectivity index (χ0) is 18.6. The van der Waals surface area contributed by atoms with Crippen molar-refractivity contribution in [3.8, 4) is 0 Å². The first kappa shape index (κ1) is 21.4. The van der Waals surface area contributed by atoms with E-state index in [9.17, 15) is 10.1 Å². The molecule has 0 aliphatic heterocycles. The quantitative estimate of drug-likeness (QED) is 0.204. The minimum Gasteiger partial charge on any atom is -0.356 e. The number of nitro benzene ring substituents is 1. The Hall–Kier alpha value is -1.87. The Kier molecular flexibility index (Phi) is 7.43. The summed E-state index contributed by atoms with van der Waals surface area (Å²) in [6.45, 7) is 1.33. The van der Waals surface area contributed by atoms with E-state index in [1.54, 1.807) is 19.2 Å². The molecule has 27 heavy (non-hydrogen) atoms. The van der Waals surface area contributed by atoms with Crippen LogP contribution in [-0.2, 0) is 12.0 Å². The largest absolute Gasteiger partial charge is 0.356 e. The topological polar surface area (TPSA) is 79.6 Å². The maximum absolute atomic E-state index is 10.7. The number of rotatable bonds is 6. The highest BCUT2D eigenvalue weighted by molar-refractivity contribution is 14.0. The first-order valence-corrected chi connectivity index (χ1v) is 8.84. The number of halogens is 2. The third kappa shape index (κ3) is 5.55. The van der Waals surface area contributed by atoms with E-state index in [2.05, 4.69) is 21.7 Å². The highest BCUT2D eigenvalue weighted by Crippen LogP contribution is 2.48. The van der Waals surface area contributed by atoms with Crippen molar-refractivity contribution in [3.05, 3.63) is 74.8 Å². The number of guanidine groups is 1. The van der Waals surface area contributed by atoms with Crippen LogP contribution in [-0.4, -0.2) is 24.5 Å². The van der Waals surface area contributed by atoms with E-state index in [0.717, 1.165) is 30.0 Å². The second-order valence-electron chi connectivity index (χ2n) is 6.49. The van der Waals surface area contributed by atoms with Crippen LogP contribution in [0.15, 0.2) is 53.5 Å². The second kappa shape index (κ2) is 9.36. The molecular weight excluding hydrogens is 479 g/mol. The van der Waals surface area contributed by atoms with Gasteiger partial charge >= 0.3 is 0 Å². The third-order valence-corrected chi connectivity index (χ3v) is 4.95. The van der Waals surface area contributed by atoms with Crippen LogP contribution >= 0.6 is 35.6 Å². The lowest BCUT2D eigenvalue weighted by atomic mass is 9.96. The van der Waals surface area contributed by atoms with E-state index >= 15 is 0 Å². The average Bonchev–Trinajstić information content (AvgIpc) is 3.43. The maximum Gasteiger partial charge on any atom is 0.269 e. The summed E-state index contributed by atoms with van der Waals surface area (Å²) in [5, 5.41) is 18.1. The van der Waals surface area contributed by atoms with Crippen LogP contribution < -0.4 is 10.6 Å². The molecule has 0 bridgehead atoms. The normalized spacial score (nSPS) is 14.8. The van der Waals surface area contributed by atoms with E-state index in [1.165, 1.54) is 17.7 Å². The number of nitrogens with zero attached hydrogens (tertiary/aromatic N) is 2. The SMILES string of the molecule is CN=C(NCc1ccc([N+](=O)[O-])cc1)NCC1(c2cccc(Cl)c2)CC1.I. The minimum absolute atomic E-state index is 0. The molecule has 0 atom stereocenters. The molecule has 0 unspecified atom stereocenters. The van der Waals surface area contributed by atoms with Crippen molar-refractivity contribution in [1.29, 1.82) is 0 Å². The summed E-state index contributed by atoms with van der Waals surface area (Å²) in [7, 11) is 1.73. The van der Waals surface area contributed by atoms with Crippen molar-refractivity contribution in [2.24, 2.45) is 4.99 Å². The number of hydrogen-bond donors (Lipinski definition) is 2. The molecule has 8 heteroatoms. The standard InChI is InChI=1S/C19H21ClN4O2.HI/c1-21-18(22-12-14-5-7-17(8-6-14)24(25)26)23-13-19(9-10-19)15-3-2-4-16(20)11-15;/h2-8,11H,9-10,12-13H2,1H3,(H2,21,22,23);1H. The summed E-state index contributed by atoms with van der Waals surface area (Å²) in [5.41, 5.74) is 2.42. The molecular formula is C19H22ClIN4O2. The van der Waals surface area contributed by atoms with Crippen LogP contribution in [0.25, 0.3) is 0 Å². The molecule has 0 spiro atoms. The van der Waals surface area contributed by atoms with Gasteiger partial charge in [0, 0.05) is 42.7 Å². The molecule has 2 N–H and O–H groups in total. The van der Waals surface area contributed by atoms with Crippen molar-refractivity contribution in [2.45, 2.75) is 24.8 Å². The Morgan fingerprint density at radius 2 is 1.93 bits per heavy atom. The first-order chi connectivity index (χ1) is 12.5. The first-order valence-electron chi connectivity index (χ1n) is 8.46. The van der Waals surface area contributed by atoms with E-state index in [4.69, 9.17) is 11.6 Å². The maximum atomic E-state index is 10.7. The lowest BCUT2D eigenvalue weighted by Gasteiger charge is -2.19. The summed E-state index contributed by atoms with van der Waals surface area (Å²) in [6, 6.07) is 14.5. The molecule has 1 saturated carbocycles. The zero-order valence-electron chi connectivity index (χ0n) is 14.9. The van der Waals surface area contributed by atoms with Gasteiger partial charge in [-0.2, -0.15) is 0 Å². The van der Waals surface area contributed by atoms with Crippen molar-refractivity contribution in [3.63, 3.8) is 0 Å². The molecule has 2 aromatic carbocycles. The van der Waals surface area contributed by atoms with E-state index in [0.29, 0.717) is 12.5 Å². The van der Waals surface area contributed by atoms with Gasteiger partial charge in [0.05, 0.1) is 4.92 Å². The van der Waals surface area contributed by atoms with E-state index in [1.807, 2.05) is 18.2 Å². The Bertz CT molecular complexity index is 823. The number of nitrogens with one attached hydrogen (secondary N) is 2. The van der Waals surface area contributed by atoms with Crippen LogP contribution in [0.4, 0.5) is 5.69 Å². The van der Waals surface area contributed by atoms with Crippen LogP contribution in [0.2, 0.25) is 5.02 Å². The van der Waals surface area contributed by atoms with Crippen molar-refractivity contribution in [1.82, 2.24) is 10.6 Å². The molecule has 3 rings (SSSR count). The number of non-ortho nitro benzene ring substituents is 1. The van der Waals surface area contributed by atoms with Crippen molar-refractivity contribution < 1.29 is 4.92 Å². The van der Waals surface area contributed by atoms with Gasteiger partial charge in [0.15, 0.2) is 5.96 Å². The molecule has 0 heterocycles. The summed E-state index contributed by atoms with van der Waals surface area (Å²) < 4.78 is 0. The van der Waals surface area contributed by atoms with Crippen LogP contribution in [0, 0.1) is 10.1 Å². The Labute approximate surface area is 180 Å². The number of benzene rings is 2. The number of nitro groups is 1. The summed E-state index contributed by atoms with van der Waals surface area (Å²) in [6.07, 6.45) is 2.25.